The van der Waals surface area contributed by atoms with Gasteiger partial charge in [-0.25, -0.2) is 8.78 Å². The molecule has 0 aliphatic carbocycles. The number of piperidine rings is 1. The van der Waals surface area contributed by atoms with Gasteiger partial charge in [-0.15, -0.1) is 12.4 Å². The van der Waals surface area contributed by atoms with E-state index in [1.165, 1.54) is 0 Å². The lowest BCUT2D eigenvalue weighted by molar-refractivity contribution is -0.0789. The first-order valence-electron chi connectivity index (χ1n) is 3.75. The highest BCUT2D eigenvalue weighted by molar-refractivity contribution is 5.85. The van der Waals surface area contributed by atoms with Crippen molar-refractivity contribution in [2.24, 2.45) is 5.92 Å². The highest BCUT2D eigenvalue weighted by Gasteiger charge is 2.39. The van der Waals surface area contributed by atoms with Gasteiger partial charge in [0.2, 0.25) is 0 Å². The van der Waals surface area contributed by atoms with Crippen LogP contribution in [0.25, 0.3) is 0 Å². The van der Waals surface area contributed by atoms with E-state index >= 15 is 0 Å². The van der Waals surface area contributed by atoms with E-state index in [9.17, 15) is 8.78 Å². The van der Waals surface area contributed by atoms with Gasteiger partial charge in [0.25, 0.3) is 5.92 Å². The Hall–Kier alpha value is 0.110. The Kier molecular flexibility index (Phi) is 4.26. The van der Waals surface area contributed by atoms with E-state index in [0.29, 0.717) is 19.5 Å². The zero-order valence-corrected chi connectivity index (χ0v) is 7.39. The Bertz CT molecular complexity index is 119. The van der Waals surface area contributed by atoms with Crippen LogP contribution in [0.15, 0.2) is 0 Å². The molecule has 1 nitrogen and oxygen atoms in total. The van der Waals surface area contributed by atoms with E-state index in [1.54, 1.807) is 0 Å². The van der Waals surface area contributed by atoms with E-state index in [0.717, 1.165) is 0 Å². The van der Waals surface area contributed by atoms with Gasteiger partial charge in [0.05, 0.1) is 0 Å². The molecule has 1 N–H and O–H groups in total. The standard InChI is InChI=1S/C7H13F2N.ClH/c1-2-6-5-10-4-3-7(6,8)9;/h6,10H,2-5H2,1H3;1H. The minimum Gasteiger partial charge on any atom is -0.316 e. The molecule has 0 saturated carbocycles. The number of rotatable bonds is 1. The maximum atomic E-state index is 12.8. The van der Waals surface area contributed by atoms with Crippen LogP contribution in [0.3, 0.4) is 0 Å². The third-order valence-corrected chi connectivity index (χ3v) is 2.12. The summed E-state index contributed by atoms with van der Waals surface area (Å²) in [7, 11) is 0. The molecule has 1 aliphatic heterocycles. The second-order valence-electron chi connectivity index (χ2n) is 2.82. The molecule has 0 radical (unpaired) electrons. The maximum Gasteiger partial charge on any atom is 0.253 e. The van der Waals surface area contributed by atoms with Gasteiger partial charge in [-0.05, 0) is 6.42 Å². The van der Waals surface area contributed by atoms with Crippen molar-refractivity contribution in [3.63, 3.8) is 0 Å². The summed E-state index contributed by atoms with van der Waals surface area (Å²) in [6, 6.07) is 0. The average Bonchev–Trinajstić information content (AvgIpc) is 1.87. The Morgan fingerprint density at radius 2 is 2.18 bits per heavy atom. The molecule has 0 bridgehead atoms. The molecular formula is C7H14ClF2N. The summed E-state index contributed by atoms with van der Waals surface area (Å²) in [6.45, 7) is 2.75. The first-order valence-corrected chi connectivity index (χ1v) is 3.75. The number of hydrogen-bond donors (Lipinski definition) is 1. The molecule has 0 aromatic rings. The quantitative estimate of drug-likeness (QED) is 0.660. The second kappa shape index (κ2) is 4.21. The van der Waals surface area contributed by atoms with Crippen LogP contribution in [-0.4, -0.2) is 19.0 Å². The van der Waals surface area contributed by atoms with Gasteiger partial charge in [0.1, 0.15) is 0 Å². The number of nitrogens with one attached hydrogen (secondary N) is 1. The molecule has 11 heavy (non-hydrogen) atoms. The molecule has 1 fully saturated rings. The smallest absolute Gasteiger partial charge is 0.253 e. The van der Waals surface area contributed by atoms with Gasteiger partial charge < -0.3 is 5.32 Å². The molecule has 0 spiro atoms. The van der Waals surface area contributed by atoms with E-state index in [-0.39, 0.29) is 18.8 Å². The van der Waals surface area contributed by atoms with Crippen molar-refractivity contribution in [3.05, 3.63) is 0 Å². The van der Waals surface area contributed by atoms with Crippen LogP contribution in [0, 0.1) is 5.92 Å². The van der Waals surface area contributed by atoms with Gasteiger partial charge >= 0.3 is 0 Å². The normalized spacial score (nSPS) is 29.2. The van der Waals surface area contributed by atoms with E-state index in [4.69, 9.17) is 0 Å². The molecule has 0 aromatic heterocycles. The van der Waals surface area contributed by atoms with Crippen LogP contribution >= 0.6 is 12.4 Å². The van der Waals surface area contributed by atoms with Crippen molar-refractivity contribution in [1.82, 2.24) is 5.32 Å². The molecule has 1 rings (SSSR count). The zero-order valence-electron chi connectivity index (χ0n) is 6.57. The molecule has 1 saturated heterocycles. The fourth-order valence-corrected chi connectivity index (χ4v) is 1.33. The molecular weight excluding hydrogens is 172 g/mol. The lowest BCUT2D eigenvalue weighted by Gasteiger charge is -2.30. The van der Waals surface area contributed by atoms with Crippen molar-refractivity contribution in [2.45, 2.75) is 25.7 Å². The van der Waals surface area contributed by atoms with E-state index in [2.05, 4.69) is 5.32 Å². The fourth-order valence-electron chi connectivity index (χ4n) is 1.33. The van der Waals surface area contributed by atoms with Crippen molar-refractivity contribution in [3.8, 4) is 0 Å². The van der Waals surface area contributed by atoms with Gasteiger partial charge in [-0.3, -0.25) is 0 Å². The molecule has 4 heteroatoms. The summed E-state index contributed by atoms with van der Waals surface area (Å²) < 4.78 is 25.7. The Morgan fingerprint density at radius 1 is 1.55 bits per heavy atom. The number of halogens is 3. The van der Waals surface area contributed by atoms with Gasteiger partial charge in [0, 0.05) is 25.4 Å². The van der Waals surface area contributed by atoms with E-state index in [1.807, 2.05) is 6.92 Å². The SMILES string of the molecule is CCC1CNCCC1(F)F.Cl. The van der Waals surface area contributed by atoms with Gasteiger partial charge in [0.15, 0.2) is 0 Å². The minimum atomic E-state index is -2.42. The number of alkyl halides is 2. The highest BCUT2D eigenvalue weighted by Crippen LogP contribution is 2.32. The summed E-state index contributed by atoms with van der Waals surface area (Å²) in [6.07, 6.45) is 0.575. The Balaban J connectivity index is 0.000001000. The molecule has 1 atom stereocenters. The summed E-state index contributed by atoms with van der Waals surface area (Å²) >= 11 is 0. The molecule has 1 unspecified atom stereocenters. The average molecular weight is 186 g/mol. The van der Waals surface area contributed by atoms with Crippen molar-refractivity contribution < 1.29 is 8.78 Å². The summed E-state index contributed by atoms with van der Waals surface area (Å²) in [5.74, 6) is -2.86. The van der Waals surface area contributed by atoms with Crippen LogP contribution in [0.2, 0.25) is 0 Å². The van der Waals surface area contributed by atoms with Crippen LogP contribution in [0.4, 0.5) is 8.78 Å². The lowest BCUT2D eigenvalue weighted by Crippen LogP contribution is -2.44. The summed E-state index contributed by atoms with van der Waals surface area (Å²) in [4.78, 5) is 0. The predicted molar refractivity (Wildman–Crippen MR) is 43.5 cm³/mol. The third kappa shape index (κ3) is 2.56. The van der Waals surface area contributed by atoms with Crippen LogP contribution in [0.1, 0.15) is 19.8 Å². The van der Waals surface area contributed by atoms with Gasteiger partial charge in [-0.2, -0.15) is 0 Å². The lowest BCUT2D eigenvalue weighted by atomic mass is 9.93. The zero-order chi connectivity index (χ0) is 7.61. The van der Waals surface area contributed by atoms with Crippen molar-refractivity contribution in [1.29, 1.82) is 0 Å². The molecule has 0 amide bonds. The summed E-state index contributed by atoms with van der Waals surface area (Å²) in [5.41, 5.74) is 0. The summed E-state index contributed by atoms with van der Waals surface area (Å²) in [5, 5.41) is 2.96. The maximum absolute atomic E-state index is 12.8. The van der Waals surface area contributed by atoms with E-state index < -0.39 is 11.8 Å². The Morgan fingerprint density at radius 3 is 2.55 bits per heavy atom. The topological polar surface area (TPSA) is 12.0 Å². The third-order valence-electron chi connectivity index (χ3n) is 2.12. The van der Waals surface area contributed by atoms with Crippen LogP contribution < -0.4 is 5.32 Å². The van der Waals surface area contributed by atoms with Crippen molar-refractivity contribution in [2.75, 3.05) is 13.1 Å². The van der Waals surface area contributed by atoms with Crippen LogP contribution in [-0.2, 0) is 0 Å². The van der Waals surface area contributed by atoms with Crippen LogP contribution in [0.5, 0.6) is 0 Å². The largest absolute Gasteiger partial charge is 0.316 e. The second-order valence-corrected chi connectivity index (χ2v) is 2.82. The minimum absolute atomic E-state index is 0. The predicted octanol–water partition coefficient (Wildman–Crippen LogP) is 2.06. The first-order chi connectivity index (χ1) is 4.67. The Labute approximate surface area is 72.0 Å². The molecule has 1 heterocycles. The molecule has 68 valence electrons. The monoisotopic (exact) mass is 185 g/mol. The molecule has 0 aromatic carbocycles. The first kappa shape index (κ1) is 11.1. The molecule has 1 aliphatic rings. The highest BCUT2D eigenvalue weighted by atomic mass is 35.5. The number of hydrogen-bond acceptors (Lipinski definition) is 1. The van der Waals surface area contributed by atoms with Crippen molar-refractivity contribution >= 4 is 12.4 Å². The van der Waals surface area contributed by atoms with Gasteiger partial charge in [-0.1, -0.05) is 6.92 Å². The fraction of sp³-hybridized carbons (Fsp3) is 1.00.